The van der Waals surface area contributed by atoms with Crippen molar-refractivity contribution in [3.63, 3.8) is 0 Å². The fourth-order valence-corrected chi connectivity index (χ4v) is 3.67. The average Bonchev–Trinajstić information content (AvgIpc) is 3.40. The van der Waals surface area contributed by atoms with Crippen molar-refractivity contribution in [3.8, 4) is 5.69 Å². The van der Waals surface area contributed by atoms with Crippen molar-refractivity contribution in [2.45, 2.75) is 0 Å². The minimum absolute atomic E-state index is 0.427. The van der Waals surface area contributed by atoms with Gasteiger partial charge in [-0.2, -0.15) is 4.52 Å². The van der Waals surface area contributed by atoms with Gasteiger partial charge in [-0.3, -0.25) is 4.57 Å². The van der Waals surface area contributed by atoms with Gasteiger partial charge in [0.05, 0.1) is 23.3 Å². The summed E-state index contributed by atoms with van der Waals surface area (Å²) in [5.74, 6) is 1.00. The summed E-state index contributed by atoms with van der Waals surface area (Å²) in [7, 11) is 2.15. The maximum atomic E-state index is 6.11. The molecule has 0 spiro atoms. The molecular formula is C19H23N11. The zero-order valence-electron chi connectivity index (χ0n) is 16.6. The second-order valence-electron chi connectivity index (χ2n) is 7.39. The number of piperazine rings is 1. The molecule has 0 amide bonds. The van der Waals surface area contributed by atoms with Gasteiger partial charge in [0.15, 0.2) is 11.5 Å². The van der Waals surface area contributed by atoms with E-state index >= 15 is 0 Å². The van der Waals surface area contributed by atoms with Crippen LogP contribution in [0.4, 0.5) is 28.7 Å². The molecule has 0 bridgehead atoms. The Morgan fingerprint density at radius 3 is 2.50 bits per heavy atom. The molecule has 4 heterocycles. The molecule has 11 nitrogen and oxygen atoms in total. The highest BCUT2D eigenvalue weighted by atomic mass is 15.3. The maximum Gasteiger partial charge on any atom is 0.179 e. The molecule has 0 aliphatic carbocycles. The van der Waals surface area contributed by atoms with Crippen molar-refractivity contribution < 1.29 is 0 Å². The Hall–Kier alpha value is -3.86. The van der Waals surface area contributed by atoms with E-state index in [0.29, 0.717) is 23.0 Å². The predicted molar refractivity (Wildman–Crippen MR) is 116 cm³/mol. The van der Waals surface area contributed by atoms with Crippen molar-refractivity contribution in [3.05, 3.63) is 43.1 Å². The van der Waals surface area contributed by atoms with E-state index in [0.717, 1.165) is 43.2 Å². The summed E-state index contributed by atoms with van der Waals surface area (Å²) in [6.07, 6.45) is 4.94. The summed E-state index contributed by atoms with van der Waals surface area (Å²) >= 11 is 0. The molecule has 1 fully saturated rings. The lowest BCUT2D eigenvalue weighted by atomic mass is 10.2. The van der Waals surface area contributed by atoms with Crippen molar-refractivity contribution in [2.75, 3.05) is 54.9 Å². The first-order valence-electron chi connectivity index (χ1n) is 9.68. The molecule has 4 aromatic rings. The van der Waals surface area contributed by atoms with E-state index in [1.165, 1.54) is 10.7 Å². The first-order valence-corrected chi connectivity index (χ1v) is 9.68. The van der Waals surface area contributed by atoms with Crippen LogP contribution in [0.5, 0.6) is 0 Å². The number of hydrogen-bond acceptors (Lipinski definition) is 9. The monoisotopic (exact) mass is 405 g/mol. The highest BCUT2D eigenvalue weighted by molar-refractivity contribution is 5.74. The van der Waals surface area contributed by atoms with Crippen LogP contribution in [0, 0.1) is 0 Å². The van der Waals surface area contributed by atoms with E-state index < -0.39 is 0 Å². The molecule has 5 rings (SSSR count). The van der Waals surface area contributed by atoms with Crippen LogP contribution < -0.4 is 21.7 Å². The number of nitrogens with zero attached hydrogens (tertiary/aromatic N) is 8. The number of imidazole rings is 1. The first kappa shape index (κ1) is 18.2. The average molecular weight is 405 g/mol. The van der Waals surface area contributed by atoms with Crippen molar-refractivity contribution in [1.29, 1.82) is 0 Å². The van der Waals surface area contributed by atoms with Crippen LogP contribution in [0.25, 0.3) is 11.3 Å². The standard InChI is InChI=1S/C19H23N11/c1-27-4-6-28(7-5-27)15-3-2-13(8-16(15)29-11-23-24-12-29)25-18-9-14(20)19-22-10-17(21)30(19)26-18/h2-3,8-12H,4-7,20-21H2,1H3,(H,25,26). The molecule has 1 aliphatic heterocycles. The summed E-state index contributed by atoms with van der Waals surface area (Å²) in [4.78, 5) is 8.89. The molecule has 0 saturated carbocycles. The quantitative estimate of drug-likeness (QED) is 0.454. The van der Waals surface area contributed by atoms with Crippen LogP contribution >= 0.6 is 0 Å². The van der Waals surface area contributed by atoms with Gasteiger partial charge >= 0.3 is 0 Å². The summed E-state index contributed by atoms with van der Waals surface area (Å²) in [5.41, 5.74) is 16.1. The maximum absolute atomic E-state index is 6.11. The van der Waals surface area contributed by atoms with Crippen molar-refractivity contribution >= 4 is 34.3 Å². The van der Waals surface area contributed by atoms with Crippen molar-refractivity contribution in [2.24, 2.45) is 0 Å². The molecule has 0 radical (unpaired) electrons. The zero-order valence-corrected chi connectivity index (χ0v) is 16.6. The number of fused-ring (bicyclic) bond motifs is 1. The molecule has 1 saturated heterocycles. The molecule has 0 unspecified atom stereocenters. The number of likely N-dealkylation sites (N-methyl/N-ethyl adjacent to an activating group) is 1. The molecular weight excluding hydrogens is 382 g/mol. The van der Waals surface area contributed by atoms with Gasteiger partial charge < -0.3 is 26.6 Å². The predicted octanol–water partition coefficient (Wildman–Crippen LogP) is 0.970. The lowest BCUT2D eigenvalue weighted by Gasteiger charge is -2.35. The number of benzene rings is 1. The Kier molecular flexibility index (Phi) is 4.36. The third-order valence-corrected chi connectivity index (χ3v) is 5.31. The Balaban J connectivity index is 1.51. The normalized spacial score (nSPS) is 15.0. The fourth-order valence-electron chi connectivity index (χ4n) is 3.67. The number of nitrogens with two attached hydrogens (primary N) is 2. The fraction of sp³-hybridized carbons (Fsp3) is 0.263. The molecule has 1 aliphatic rings. The Morgan fingerprint density at radius 2 is 1.73 bits per heavy atom. The third-order valence-electron chi connectivity index (χ3n) is 5.31. The minimum Gasteiger partial charge on any atom is -0.396 e. The summed E-state index contributed by atoms with van der Waals surface area (Å²) in [6.45, 7) is 3.98. The lowest BCUT2D eigenvalue weighted by Crippen LogP contribution is -2.44. The number of nitrogen functional groups attached to an aromatic ring is 2. The summed E-state index contributed by atoms with van der Waals surface area (Å²) < 4.78 is 3.44. The van der Waals surface area contributed by atoms with E-state index in [2.05, 4.69) is 54.6 Å². The van der Waals surface area contributed by atoms with Gasteiger partial charge in [0.25, 0.3) is 0 Å². The largest absolute Gasteiger partial charge is 0.396 e. The van der Waals surface area contributed by atoms with Crippen LogP contribution in [0.1, 0.15) is 0 Å². The van der Waals surface area contributed by atoms with Crippen molar-refractivity contribution in [1.82, 2.24) is 34.3 Å². The molecule has 154 valence electrons. The van der Waals surface area contributed by atoms with E-state index in [4.69, 9.17) is 11.5 Å². The summed E-state index contributed by atoms with van der Waals surface area (Å²) in [5, 5.41) is 15.8. The third kappa shape index (κ3) is 3.24. The topological polar surface area (TPSA) is 131 Å². The van der Waals surface area contributed by atoms with Gasteiger partial charge in [0, 0.05) is 37.9 Å². The second kappa shape index (κ2) is 7.19. The van der Waals surface area contributed by atoms with Crippen LogP contribution in [0.15, 0.2) is 43.1 Å². The van der Waals surface area contributed by atoms with E-state index in [9.17, 15) is 0 Å². The highest BCUT2D eigenvalue weighted by Crippen LogP contribution is 2.30. The minimum atomic E-state index is 0.427. The van der Waals surface area contributed by atoms with E-state index in [-0.39, 0.29) is 0 Å². The van der Waals surface area contributed by atoms with Crippen LogP contribution in [-0.4, -0.2) is 67.5 Å². The van der Waals surface area contributed by atoms with Crippen LogP contribution in [-0.2, 0) is 0 Å². The lowest BCUT2D eigenvalue weighted by molar-refractivity contribution is 0.313. The number of rotatable bonds is 4. The van der Waals surface area contributed by atoms with Gasteiger partial charge in [-0.1, -0.05) is 0 Å². The number of anilines is 5. The van der Waals surface area contributed by atoms with Gasteiger partial charge in [-0.15, -0.1) is 15.3 Å². The molecule has 3 aromatic heterocycles. The van der Waals surface area contributed by atoms with Crippen LogP contribution in [0.2, 0.25) is 0 Å². The first-order chi connectivity index (χ1) is 14.6. The zero-order chi connectivity index (χ0) is 20.7. The highest BCUT2D eigenvalue weighted by Gasteiger charge is 2.18. The van der Waals surface area contributed by atoms with Gasteiger partial charge in [0.2, 0.25) is 0 Å². The SMILES string of the molecule is CN1CCN(c2ccc(Nc3cc(N)c4ncc(N)n4n3)cc2-n2cnnc2)CC1. The molecule has 11 heteroatoms. The molecule has 5 N–H and O–H groups in total. The number of hydrogen-bond donors (Lipinski definition) is 3. The number of nitrogens with one attached hydrogen (secondary N) is 1. The smallest absolute Gasteiger partial charge is 0.179 e. The Morgan fingerprint density at radius 1 is 0.967 bits per heavy atom. The Labute approximate surface area is 172 Å². The summed E-state index contributed by atoms with van der Waals surface area (Å²) in [6, 6.07) is 7.93. The van der Waals surface area contributed by atoms with Gasteiger partial charge in [-0.25, -0.2) is 4.98 Å². The second-order valence-corrected chi connectivity index (χ2v) is 7.39. The van der Waals surface area contributed by atoms with E-state index in [1.54, 1.807) is 18.7 Å². The molecule has 1 aromatic carbocycles. The van der Waals surface area contributed by atoms with Crippen LogP contribution in [0.3, 0.4) is 0 Å². The molecule has 0 atom stereocenters. The Bertz CT molecular complexity index is 1170. The molecule has 30 heavy (non-hydrogen) atoms. The van der Waals surface area contributed by atoms with Gasteiger partial charge in [0.1, 0.15) is 18.5 Å². The number of aromatic nitrogens is 6. The van der Waals surface area contributed by atoms with E-state index in [1.807, 2.05) is 10.6 Å². The van der Waals surface area contributed by atoms with Gasteiger partial charge in [-0.05, 0) is 25.2 Å².